The zero-order valence-electron chi connectivity index (χ0n) is 15.6. The molecule has 0 bridgehead atoms. The first-order valence-corrected chi connectivity index (χ1v) is 8.92. The average molecular weight is 365 g/mol. The van der Waals surface area contributed by atoms with Gasteiger partial charge in [0.1, 0.15) is 6.61 Å². The van der Waals surface area contributed by atoms with E-state index in [4.69, 9.17) is 10.00 Å². The van der Waals surface area contributed by atoms with Crippen molar-refractivity contribution in [1.82, 2.24) is 9.30 Å². The average Bonchev–Trinajstić information content (AvgIpc) is 2.99. The highest BCUT2D eigenvalue weighted by Gasteiger charge is 2.20. The van der Waals surface area contributed by atoms with Gasteiger partial charge in [0.05, 0.1) is 28.8 Å². The number of benzene rings is 1. The molecule has 1 aromatic carbocycles. The largest absolute Gasteiger partial charge is 0.461 e. The molecule has 6 nitrogen and oxygen atoms in total. The van der Waals surface area contributed by atoms with E-state index in [9.17, 15) is 9.90 Å². The second-order valence-corrected chi connectivity index (χ2v) is 6.76. The summed E-state index contributed by atoms with van der Waals surface area (Å²) in [4.78, 5) is 14.7. The molecule has 0 amide bonds. The van der Waals surface area contributed by atoms with Gasteiger partial charge in [0, 0.05) is 24.5 Å². The molecule has 27 heavy (non-hydrogen) atoms. The number of carbonyl (C=O) groups is 1. The molecule has 1 unspecified atom stereocenters. The van der Waals surface area contributed by atoms with Crippen molar-refractivity contribution in [2.75, 3.05) is 27.2 Å². The minimum Gasteiger partial charge on any atom is -0.461 e. The zero-order valence-corrected chi connectivity index (χ0v) is 15.6. The predicted molar refractivity (Wildman–Crippen MR) is 104 cm³/mol. The molecule has 0 radical (unpaired) electrons. The third kappa shape index (κ3) is 3.95. The van der Waals surface area contributed by atoms with Gasteiger partial charge in [-0.05, 0) is 44.3 Å². The maximum Gasteiger partial charge on any atom is 0.341 e. The first-order chi connectivity index (χ1) is 13.0. The fraction of sp³-hybridized carbons (Fsp3) is 0.333. The molecular weight excluding hydrogens is 342 g/mol. The van der Waals surface area contributed by atoms with E-state index < -0.39 is 6.10 Å². The summed E-state index contributed by atoms with van der Waals surface area (Å²) in [7, 11) is 3.85. The van der Waals surface area contributed by atoms with Crippen LogP contribution in [0.3, 0.4) is 0 Å². The van der Waals surface area contributed by atoms with Crippen molar-refractivity contribution in [3.05, 3.63) is 53.7 Å². The number of aliphatic hydroxyl groups is 1. The number of pyridine rings is 1. The molecule has 0 aliphatic heterocycles. The number of likely N-dealkylation sites (N-methyl/N-ethyl adjacent to an activating group) is 1. The Morgan fingerprint density at radius 2 is 2.11 bits per heavy atom. The van der Waals surface area contributed by atoms with Crippen molar-refractivity contribution in [2.45, 2.75) is 18.9 Å². The van der Waals surface area contributed by atoms with E-state index >= 15 is 0 Å². The normalized spacial score (nSPS) is 12.4. The number of nitriles is 1. The smallest absolute Gasteiger partial charge is 0.341 e. The van der Waals surface area contributed by atoms with E-state index in [1.807, 2.05) is 59.9 Å². The van der Waals surface area contributed by atoms with Gasteiger partial charge < -0.3 is 19.1 Å². The van der Waals surface area contributed by atoms with Crippen LogP contribution in [0.5, 0.6) is 0 Å². The third-order valence-electron chi connectivity index (χ3n) is 4.56. The molecule has 0 saturated carbocycles. The van der Waals surface area contributed by atoms with Crippen LogP contribution in [-0.2, 0) is 4.74 Å². The molecular formula is C21H23N3O3. The SMILES string of the molecule is CN(C)CCOC(=O)c1c2ccc(C(O)CCC#N)cc2n2ccccc12. The van der Waals surface area contributed by atoms with E-state index in [0.717, 1.165) is 22.0 Å². The van der Waals surface area contributed by atoms with Crippen molar-refractivity contribution in [3.8, 4) is 6.07 Å². The van der Waals surface area contributed by atoms with Crippen LogP contribution in [-0.4, -0.2) is 47.6 Å². The number of aliphatic hydroxyl groups excluding tert-OH is 1. The van der Waals surface area contributed by atoms with Crippen molar-refractivity contribution < 1.29 is 14.6 Å². The van der Waals surface area contributed by atoms with Gasteiger partial charge in [0.15, 0.2) is 0 Å². The van der Waals surface area contributed by atoms with Crippen molar-refractivity contribution >= 4 is 22.4 Å². The number of hydrogen-bond acceptors (Lipinski definition) is 5. The Balaban J connectivity index is 2.03. The summed E-state index contributed by atoms with van der Waals surface area (Å²) >= 11 is 0. The molecule has 0 saturated heterocycles. The summed E-state index contributed by atoms with van der Waals surface area (Å²) in [5, 5.41) is 19.8. The standard InChI is InChI=1S/C21H23N3O3/c1-23(2)12-13-27-21(26)20-16-9-8-15(19(25)7-5-10-22)14-18(16)24-11-4-3-6-17(20)24/h3-4,6,8-9,11,14,19,25H,5,7,12-13H2,1-2H3. The molecule has 1 N–H and O–H groups in total. The monoisotopic (exact) mass is 365 g/mol. The van der Waals surface area contributed by atoms with E-state index in [0.29, 0.717) is 25.1 Å². The Morgan fingerprint density at radius 1 is 1.30 bits per heavy atom. The van der Waals surface area contributed by atoms with E-state index in [1.54, 1.807) is 6.07 Å². The minimum absolute atomic E-state index is 0.289. The summed E-state index contributed by atoms with van der Waals surface area (Å²) in [5.74, 6) is -0.353. The van der Waals surface area contributed by atoms with Gasteiger partial charge in [0.2, 0.25) is 0 Å². The summed E-state index contributed by atoms with van der Waals surface area (Å²) < 4.78 is 7.39. The topological polar surface area (TPSA) is 78.0 Å². The number of ether oxygens (including phenoxy) is 1. The molecule has 3 rings (SSSR count). The lowest BCUT2D eigenvalue weighted by Gasteiger charge is -2.10. The van der Waals surface area contributed by atoms with E-state index in [2.05, 4.69) is 6.07 Å². The number of esters is 1. The van der Waals surface area contributed by atoms with Crippen LogP contribution < -0.4 is 0 Å². The van der Waals surface area contributed by atoms with Crippen LogP contribution in [0.2, 0.25) is 0 Å². The Hall–Kier alpha value is -2.88. The lowest BCUT2D eigenvalue weighted by molar-refractivity contribution is 0.0486. The fourth-order valence-corrected chi connectivity index (χ4v) is 3.14. The van der Waals surface area contributed by atoms with Gasteiger partial charge in [-0.1, -0.05) is 18.2 Å². The highest BCUT2D eigenvalue weighted by molar-refractivity contribution is 6.11. The first-order valence-electron chi connectivity index (χ1n) is 8.92. The Bertz CT molecular complexity index is 1000. The quantitative estimate of drug-likeness (QED) is 0.651. The highest BCUT2D eigenvalue weighted by atomic mass is 16.5. The molecule has 3 aromatic rings. The molecule has 0 spiro atoms. The van der Waals surface area contributed by atoms with Gasteiger partial charge in [-0.25, -0.2) is 4.79 Å². The maximum atomic E-state index is 12.7. The van der Waals surface area contributed by atoms with E-state index in [-0.39, 0.29) is 12.4 Å². The van der Waals surface area contributed by atoms with Gasteiger partial charge in [-0.3, -0.25) is 0 Å². The second-order valence-electron chi connectivity index (χ2n) is 6.76. The van der Waals surface area contributed by atoms with Crippen molar-refractivity contribution in [3.63, 3.8) is 0 Å². The Morgan fingerprint density at radius 3 is 2.85 bits per heavy atom. The lowest BCUT2D eigenvalue weighted by Crippen LogP contribution is -2.20. The lowest BCUT2D eigenvalue weighted by atomic mass is 10.0. The van der Waals surface area contributed by atoms with E-state index in [1.165, 1.54) is 0 Å². The summed E-state index contributed by atoms with van der Waals surface area (Å²) in [5.41, 5.74) is 2.86. The van der Waals surface area contributed by atoms with Crippen molar-refractivity contribution in [1.29, 1.82) is 5.26 Å². The molecule has 0 aliphatic carbocycles. The van der Waals surface area contributed by atoms with Crippen LogP contribution in [0.25, 0.3) is 16.4 Å². The zero-order chi connectivity index (χ0) is 19.4. The number of fused-ring (bicyclic) bond motifs is 3. The maximum absolute atomic E-state index is 12.7. The van der Waals surface area contributed by atoms with Crippen LogP contribution in [0, 0.1) is 11.3 Å². The minimum atomic E-state index is -0.709. The fourth-order valence-electron chi connectivity index (χ4n) is 3.14. The van der Waals surface area contributed by atoms with Crippen LogP contribution in [0.15, 0.2) is 42.6 Å². The number of aromatic nitrogens is 1. The predicted octanol–water partition coefficient (Wildman–Crippen LogP) is 3.15. The van der Waals surface area contributed by atoms with Crippen LogP contribution in [0.1, 0.15) is 34.9 Å². The summed E-state index contributed by atoms with van der Waals surface area (Å²) in [6, 6.07) is 13.2. The molecule has 140 valence electrons. The number of carbonyl (C=O) groups excluding carboxylic acids is 1. The number of rotatable bonds is 7. The molecule has 2 heterocycles. The number of hydrogen-bond donors (Lipinski definition) is 1. The summed E-state index contributed by atoms with van der Waals surface area (Å²) in [6.07, 6.45) is 1.85. The van der Waals surface area contributed by atoms with Gasteiger partial charge >= 0.3 is 5.97 Å². The Labute approximate surface area is 158 Å². The highest BCUT2D eigenvalue weighted by Crippen LogP contribution is 2.30. The molecule has 2 aromatic heterocycles. The van der Waals surface area contributed by atoms with Crippen LogP contribution in [0.4, 0.5) is 0 Å². The molecule has 6 heteroatoms. The molecule has 0 aliphatic rings. The van der Waals surface area contributed by atoms with Gasteiger partial charge in [-0.15, -0.1) is 0 Å². The molecule has 0 fully saturated rings. The van der Waals surface area contributed by atoms with Crippen molar-refractivity contribution in [2.24, 2.45) is 0 Å². The first kappa shape index (κ1) is 18.9. The number of nitrogens with zero attached hydrogens (tertiary/aromatic N) is 3. The Kier molecular flexibility index (Phi) is 5.75. The molecule has 1 atom stereocenters. The third-order valence-corrected chi connectivity index (χ3v) is 4.56. The van der Waals surface area contributed by atoms with Gasteiger partial charge in [-0.2, -0.15) is 5.26 Å². The summed E-state index contributed by atoms with van der Waals surface area (Å²) in [6.45, 7) is 0.979. The van der Waals surface area contributed by atoms with Gasteiger partial charge in [0.25, 0.3) is 0 Å². The second kappa shape index (κ2) is 8.21. The van der Waals surface area contributed by atoms with Crippen LogP contribution >= 0.6 is 0 Å².